The van der Waals surface area contributed by atoms with E-state index < -0.39 is 0 Å². The van der Waals surface area contributed by atoms with Gasteiger partial charge < -0.3 is 10.1 Å². The first-order valence-corrected chi connectivity index (χ1v) is 7.10. The largest absolute Gasteiger partial charge is 0.382 e. The summed E-state index contributed by atoms with van der Waals surface area (Å²) in [7, 11) is 3.76. The number of methoxy groups -OCH3 is 1. The van der Waals surface area contributed by atoms with E-state index in [2.05, 4.69) is 60.8 Å². The van der Waals surface area contributed by atoms with E-state index in [-0.39, 0.29) is 6.10 Å². The van der Waals surface area contributed by atoms with Crippen LogP contribution in [0.25, 0.3) is 11.1 Å². The molecule has 2 atom stereocenters. The number of hydrogen-bond donors (Lipinski definition) is 1. The van der Waals surface area contributed by atoms with Crippen LogP contribution < -0.4 is 5.32 Å². The zero-order valence-corrected chi connectivity index (χ0v) is 12.5. The lowest BCUT2D eigenvalue weighted by atomic mass is 9.98. The van der Waals surface area contributed by atoms with Gasteiger partial charge in [0.2, 0.25) is 0 Å². The first-order chi connectivity index (χ1) is 9.74. The Morgan fingerprint density at radius 1 is 0.950 bits per heavy atom. The molecule has 0 aliphatic heterocycles. The van der Waals surface area contributed by atoms with Crippen molar-refractivity contribution in [1.29, 1.82) is 0 Å². The molecule has 2 nitrogen and oxygen atoms in total. The van der Waals surface area contributed by atoms with Crippen molar-refractivity contribution in [2.45, 2.75) is 25.5 Å². The zero-order valence-electron chi connectivity index (χ0n) is 12.5. The predicted molar refractivity (Wildman–Crippen MR) is 84.8 cm³/mol. The van der Waals surface area contributed by atoms with Gasteiger partial charge in [0, 0.05) is 13.2 Å². The van der Waals surface area contributed by atoms with Gasteiger partial charge in [-0.15, -0.1) is 0 Å². The summed E-state index contributed by atoms with van der Waals surface area (Å²) in [5, 5.41) is 3.36. The van der Waals surface area contributed by atoms with Crippen LogP contribution in [0.4, 0.5) is 0 Å². The lowest BCUT2D eigenvalue weighted by molar-refractivity contribution is 0.101. The monoisotopic (exact) mass is 269 g/mol. The fourth-order valence-electron chi connectivity index (χ4n) is 2.39. The molecule has 0 aliphatic carbocycles. The highest BCUT2D eigenvalue weighted by Crippen LogP contribution is 2.24. The van der Waals surface area contributed by atoms with E-state index in [0.717, 1.165) is 6.42 Å². The van der Waals surface area contributed by atoms with Crippen LogP contribution in [0.3, 0.4) is 0 Å². The van der Waals surface area contributed by atoms with Crippen LogP contribution in [-0.4, -0.2) is 20.3 Å². The van der Waals surface area contributed by atoms with Gasteiger partial charge >= 0.3 is 0 Å². The molecule has 2 unspecified atom stereocenters. The smallest absolute Gasteiger partial charge is 0.0561 e. The quantitative estimate of drug-likeness (QED) is 0.854. The standard InChI is InChI=1S/C18H23NO/c1-14(20-3)13-18(19-2)17-11-9-16(10-12-17)15-7-5-4-6-8-15/h4-12,14,18-19H,13H2,1-3H3. The van der Waals surface area contributed by atoms with Crippen LogP contribution in [0, 0.1) is 0 Å². The van der Waals surface area contributed by atoms with Gasteiger partial charge in [-0.2, -0.15) is 0 Å². The molecule has 20 heavy (non-hydrogen) atoms. The SMILES string of the molecule is CNC(CC(C)OC)c1ccc(-c2ccccc2)cc1. The van der Waals surface area contributed by atoms with Gasteiger partial charge in [-0.25, -0.2) is 0 Å². The molecule has 0 amide bonds. The maximum atomic E-state index is 5.36. The predicted octanol–water partition coefficient (Wildman–Crippen LogP) is 4.04. The van der Waals surface area contributed by atoms with Crippen LogP contribution >= 0.6 is 0 Å². The molecule has 0 heterocycles. The highest BCUT2D eigenvalue weighted by molar-refractivity contribution is 5.63. The van der Waals surface area contributed by atoms with Gasteiger partial charge in [0.05, 0.1) is 6.10 Å². The maximum Gasteiger partial charge on any atom is 0.0561 e. The zero-order chi connectivity index (χ0) is 14.4. The first-order valence-electron chi connectivity index (χ1n) is 7.10. The minimum Gasteiger partial charge on any atom is -0.382 e. The van der Waals surface area contributed by atoms with Gasteiger partial charge in [-0.1, -0.05) is 54.6 Å². The topological polar surface area (TPSA) is 21.3 Å². The second-order valence-electron chi connectivity index (χ2n) is 5.11. The Hall–Kier alpha value is -1.64. The Balaban J connectivity index is 2.14. The molecule has 1 N–H and O–H groups in total. The van der Waals surface area contributed by atoms with Crippen molar-refractivity contribution in [2.75, 3.05) is 14.2 Å². The molecule has 2 aromatic rings. The van der Waals surface area contributed by atoms with Crippen molar-refractivity contribution in [3.8, 4) is 11.1 Å². The van der Waals surface area contributed by atoms with E-state index in [1.54, 1.807) is 7.11 Å². The van der Waals surface area contributed by atoms with E-state index in [1.807, 2.05) is 13.1 Å². The van der Waals surface area contributed by atoms with Gasteiger partial charge in [-0.3, -0.25) is 0 Å². The van der Waals surface area contributed by atoms with E-state index in [9.17, 15) is 0 Å². The second-order valence-corrected chi connectivity index (χ2v) is 5.11. The summed E-state index contributed by atoms with van der Waals surface area (Å²) in [5.74, 6) is 0. The van der Waals surface area contributed by atoms with Crippen molar-refractivity contribution in [3.05, 3.63) is 60.2 Å². The molecule has 106 valence electrons. The van der Waals surface area contributed by atoms with Gasteiger partial charge in [0.1, 0.15) is 0 Å². The number of nitrogens with one attached hydrogen (secondary N) is 1. The van der Waals surface area contributed by atoms with Crippen LogP contribution in [0.5, 0.6) is 0 Å². The van der Waals surface area contributed by atoms with Gasteiger partial charge in [0.15, 0.2) is 0 Å². The van der Waals surface area contributed by atoms with Crippen molar-refractivity contribution >= 4 is 0 Å². The Bertz CT molecular complexity index is 507. The average Bonchev–Trinajstić information content (AvgIpc) is 2.53. The van der Waals surface area contributed by atoms with Crippen LogP contribution in [0.1, 0.15) is 24.9 Å². The second kappa shape index (κ2) is 7.22. The summed E-state index contributed by atoms with van der Waals surface area (Å²) in [6, 6.07) is 19.6. The summed E-state index contributed by atoms with van der Waals surface area (Å²) < 4.78 is 5.36. The van der Waals surface area contributed by atoms with Gasteiger partial charge in [0.25, 0.3) is 0 Å². The fourth-order valence-corrected chi connectivity index (χ4v) is 2.39. The van der Waals surface area contributed by atoms with Crippen molar-refractivity contribution in [1.82, 2.24) is 5.32 Å². The third-order valence-electron chi connectivity index (χ3n) is 3.74. The highest BCUT2D eigenvalue weighted by Gasteiger charge is 2.13. The summed E-state index contributed by atoms with van der Waals surface area (Å²) in [6.07, 6.45) is 1.22. The molecule has 2 aromatic carbocycles. The maximum absolute atomic E-state index is 5.36. The highest BCUT2D eigenvalue weighted by atomic mass is 16.5. The molecule has 0 bridgehead atoms. The normalized spacial score (nSPS) is 13.9. The number of ether oxygens (including phenoxy) is 1. The molecule has 2 heteroatoms. The molecule has 0 saturated heterocycles. The van der Waals surface area contributed by atoms with Crippen LogP contribution in [0.2, 0.25) is 0 Å². The van der Waals surface area contributed by atoms with E-state index in [1.165, 1.54) is 16.7 Å². The van der Waals surface area contributed by atoms with Crippen LogP contribution in [0.15, 0.2) is 54.6 Å². The number of rotatable bonds is 6. The number of benzene rings is 2. The minimum absolute atomic E-state index is 0.251. The molecule has 0 fully saturated rings. The lowest BCUT2D eigenvalue weighted by Gasteiger charge is -2.20. The Labute approximate surface area is 121 Å². The van der Waals surface area contributed by atoms with Gasteiger partial charge in [-0.05, 0) is 37.1 Å². The summed E-state index contributed by atoms with van der Waals surface area (Å²) in [6.45, 7) is 2.10. The summed E-state index contributed by atoms with van der Waals surface area (Å²) in [5.41, 5.74) is 3.81. The molecular weight excluding hydrogens is 246 g/mol. The van der Waals surface area contributed by atoms with Crippen molar-refractivity contribution in [3.63, 3.8) is 0 Å². The van der Waals surface area contributed by atoms with Crippen LogP contribution in [-0.2, 0) is 4.74 Å². The average molecular weight is 269 g/mol. The molecule has 0 saturated carbocycles. The van der Waals surface area contributed by atoms with E-state index >= 15 is 0 Å². The Morgan fingerprint density at radius 2 is 1.55 bits per heavy atom. The Kier molecular flexibility index (Phi) is 5.33. The van der Waals surface area contributed by atoms with E-state index in [0.29, 0.717) is 6.04 Å². The molecule has 2 rings (SSSR count). The number of hydrogen-bond acceptors (Lipinski definition) is 2. The van der Waals surface area contributed by atoms with E-state index in [4.69, 9.17) is 4.74 Å². The Morgan fingerprint density at radius 3 is 2.10 bits per heavy atom. The third-order valence-corrected chi connectivity index (χ3v) is 3.74. The molecular formula is C18H23NO. The fraction of sp³-hybridized carbons (Fsp3) is 0.333. The van der Waals surface area contributed by atoms with Crippen molar-refractivity contribution in [2.24, 2.45) is 0 Å². The van der Waals surface area contributed by atoms with Crippen molar-refractivity contribution < 1.29 is 4.74 Å². The molecule has 0 radical (unpaired) electrons. The molecule has 0 aromatic heterocycles. The summed E-state index contributed by atoms with van der Waals surface area (Å²) >= 11 is 0. The molecule has 0 spiro atoms. The molecule has 0 aliphatic rings. The minimum atomic E-state index is 0.251. The first kappa shape index (κ1) is 14.8. The lowest BCUT2D eigenvalue weighted by Crippen LogP contribution is -2.21. The third kappa shape index (κ3) is 3.69. The summed E-state index contributed by atoms with van der Waals surface area (Å²) in [4.78, 5) is 0.